The van der Waals surface area contributed by atoms with Crippen molar-refractivity contribution < 1.29 is 28.8 Å². The minimum Gasteiger partial charge on any atom is -0.384 e. The molecule has 1 aliphatic carbocycles. The number of nitrogens with one attached hydrogen (secondary N) is 3. The van der Waals surface area contributed by atoms with Gasteiger partial charge >= 0.3 is 0 Å². The van der Waals surface area contributed by atoms with Crippen LogP contribution in [0.15, 0.2) is 52.6 Å². The molecular formula is C35H50N8O6S. The predicted octanol–water partition coefficient (Wildman–Crippen LogP) is 1.82. The number of primary amides is 1. The number of aliphatic imine (C=N–C) groups is 1. The number of carbonyl (C=O) groups is 6. The third kappa shape index (κ3) is 12.7. The van der Waals surface area contributed by atoms with Crippen LogP contribution in [0.3, 0.4) is 0 Å². The van der Waals surface area contributed by atoms with Crippen molar-refractivity contribution in [3.8, 4) is 0 Å². The Bertz CT molecular complexity index is 1500. The summed E-state index contributed by atoms with van der Waals surface area (Å²) in [5.41, 5.74) is 17.2. The van der Waals surface area contributed by atoms with Gasteiger partial charge in [0.1, 0.15) is 5.78 Å². The molecule has 3 rings (SSSR count). The SMILES string of the molecule is CC(=O)C[C@@H](CC1=CNC2C=CC=CC12)C(=O)N[C@@H](CCC(N)=O)C(=O)C[C@@H](CC(C)C)C(=O)N[C@@H](CCCN=C(N)N)C(=O)c1nccs1. The Morgan fingerprint density at radius 3 is 2.30 bits per heavy atom. The number of nitrogens with zero attached hydrogens (tertiary/aromatic N) is 2. The number of aromatic nitrogens is 1. The lowest BCUT2D eigenvalue weighted by molar-refractivity contribution is -0.134. The van der Waals surface area contributed by atoms with Gasteiger partial charge in [-0.2, -0.15) is 0 Å². The van der Waals surface area contributed by atoms with Crippen LogP contribution in [0.1, 0.15) is 81.9 Å². The molecule has 0 fully saturated rings. The second-order valence-electron chi connectivity index (χ2n) is 13.3. The largest absolute Gasteiger partial charge is 0.384 e. The number of allylic oxidation sites excluding steroid dienone is 2. The smallest absolute Gasteiger partial charge is 0.224 e. The number of fused-ring (bicyclic) bond motifs is 1. The predicted molar refractivity (Wildman–Crippen MR) is 191 cm³/mol. The van der Waals surface area contributed by atoms with Crippen molar-refractivity contribution in [3.63, 3.8) is 0 Å². The summed E-state index contributed by atoms with van der Waals surface area (Å²) in [4.78, 5) is 86.7. The van der Waals surface area contributed by atoms with Gasteiger partial charge in [0.25, 0.3) is 0 Å². The van der Waals surface area contributed by atoms with Crippen molar-refractivity contribution in [2.24, 2.45) is 45.9 Å². The Balaban J connectivity index is 1.78. The van der Waals surface area contributed by atoms with Crippen molar-refractivity contribution in [2.45, 2.75) is 90.3 Å². The molecule has 1 aliphatic heterocycles. The molecule has 2 aliphatic rings. The highest BCUT2D eigenvalue weighted by Gasteiger charge is 2.35. The number of rotatable bonds is 22. The van der Waals surface area contributed by atoms with E-state index in [0.29, 0.717) is 19.3 Å². The number of hydrogen-bond acceptors (Lipinski definition) is 10. The van der Waals surface area contributed by atoms with E-state index in [2.05, 4.69) is 25.9 Å². The maximum absolute atomic E-state index is 13.9. The number of carbonyl (C=O) groups excluding carboxylic acids is 6. The van der Waals surface area contributed by atoms with Crippen LogP contribution < -0.4 is 33.2 Å². The molecule has 50 heavy (non-hydrogen) atoms. The second-order valence-corrected chi connectivity index (χ2v) is 14.2. The van der Waals surface area contributed by atoms with Gasteiger partial charge in [0.15, 0.2) is 16.8 Å². The summed E-state index contributed by atoms with van der Waals surface area (Å²) in [7, 11) is 0. The molecule has 0 saturated carbocycles. The molecule has 14 nitrogen and oxygen atoms in total. The first-order valence-electron chi connectivity index (χ1n) is 16.9. The standard InChI is InChI=1S/C35H50N8O6S/c1-20(2)15-22(32(48)43-28(9-6-12-40-35(37)38)31(47)34-39-13-14-50-34)18-29(45)27(10-11-30(36)46)42-33(49)23(16-21(3)44)17-24-19-41-26-8-5-4-7-25(24)26/h4-5,7-8,13-14,19-20,22-23,25-28,41H,6,9-12,15-18H2,1-3H3,(H2,36,46)(H,42,49)(H,43,48)(H4,37,38,40)/t22-,23+,25?,26?,27+,28+/m1/s1. The average molecular weight is 711 g/mol. The van der Waals surface area contributed by atoms with E-state index in [-0.39, 0.29) is 79.1 Å². The minimum atomic E-state index is -1.12. The molecule has 2 heterocycles. The van der Waals surface area contributed by atoms with Crippen LogP contribution in [0.2, 0.25) is 0 Å². The van der Waals surface area contributed by atoms with E-state index in [0.717, 1.165) is 16.9 Å². The Hall–Kier alpha value is -4.66. The highest BCUT2D eigenvalue weighted by molar-refractivity contribution is 7.11. The van der Waals surface area contributed by atoms with E-state index in [9.17, 15) is 28.8 Å². The van der Waals surface area contributed by atoms with Gasteiger partial charge in [-0.3, -0.25) is 29.0 Å². The van der Waals surface area contributed by atoms with Gasteiger partial charge in [0.2, 0.25) is 23.5 Å². The van der Waals surface area contributed by atoms with E-state index in [1.54, 1.807) is 5.38 Å². The van der Waals surface area contributed by atoms with Gasteiger partial charge in [-0.25, -0.2) is 4.98 Å². The van der Waals surface area contributed by atoms with Crippen molar-refractivity contribution in [1.29, 1.82) is 0 Å². The number of thiazole rings is 1. The molecule has 3 amide bonds. The first kappa shape index (κ1) is 39.8. The summed E-state index contributed by atoms with van der Waals surface area (Å²) >= 11 is 1.15. The lowest BCUT2D eigenvalue weighted by Gasteiger charge is -2.26. The van der Waals surface area contributed by atoms with Crippen molar-refractivity contribution in [3.05, 3.63) is 52.7 Å². The summed E-state index contributed by atoms with van der Waals surface area (Å²) in [6.07, 6.45) is 12.0. The monoisotopic (exact) mass is 710 g/mol. The van der Waals surface area contributed by atoms with Gasteiger partial charge in [-0.15, -0.1) is 11.3 Å². The summed E-state index contributed by atoms with van der Waals surface area (Å²) in [6.45, 7) is 5.48. The maximum atomic E-state index is 13.9. The summed E-state index contributed by atoms with van der Waals surface area (Å²) in [6, 6.07) is -1.99. The quantitative estimate of drug-likeness (QED) is 0.0441. The highest BCUT2D eigenvalue weighted by atomic mass is 32.1. The number of nitrogens with two attached hydrogens (primary N) is 3. The number of ketones is 3. The molecule has 1 aromatic heterocycles. The number of guanidine groups is 1. The fourth-order valence-corrected chi connectivity index (χ4v) is 6.82. The number of amides is 3. The van der Waals surface area contributed by atoms with Gasteiger partial charge in [0, 0.05) is 55.1 Å². The van der Waals surface area contributed by atoms with Crippen molar-refractivity contribution in [2.75, 3.05) is 6.54 Å². The third-order valence-corrected chi connectivity index (χ3v) is 9.38. The molecule has 0 aromatic carbocycles. The zero-order chi connectivity index (χ0) is 36.8. The zero-order valence-corrected chi connectivity index (χ0v) is 29.7. The molecule has 0 saturated heterocycles. The van der Waals surface area contributed by atoms with E-state index in [4.69, 9.17) is 17.2 Å². The Kier molecular flexibility index (Phi) is 15.5. The fourth-order valence-electron chi connectivity index (χ4n) is 6.19. The van der Waals surface area contributed by atoms with E-state index < -0.39 is 47.4 Å². The van der Waals surface area contributed by atoms with Crippen LogP contribution in [0.4, 0.5) is 0 Å². The molecule has 0 bridgehead atoms. The van der Waals surface area contributed by atoms with Gasteiger partial charge in [-0.1, -0.05) is 38.2 Å². The summed E-state index contributed by atoms with van der Waals surface area (Å²) in [5, 5.41) is 10.8. The second kappa shape index (κ2) is 19.5. The van der Waals surface area contributed by atoms with Gasteiger partial charge < -0.3 is 37.9 Å². The molecule has 0 radical (unpaired) electrons. The third-order valence-electron chi connectivity index (χ3n) is 8.59. The van der Waals surface area contributed by atoms with E-state index in [1.165, 1.54) is 13.1 Å². The normalized spacial score (nSPS) is 18.5. The average Bonchev–Trinajstić information content (AvgIpc) is 3.73. The highest BCUT2D eigenvalue weighted by Crippen LogP contribution is 2.32. The van der Waals surface area contributed by atoms with Crippen LogP contribution in [0.5, 0.6) is 0 Å². The number of Topliss-reactive ketones (excluding diaryl/α,β-unsaturated/α-hetero) is 3. The van der Waals surface area contributed by atoms with Crippen molar-refractivity contribution in [1.82, 2.24) is 20.9 Å². The summed E-state index contributed by atoms with van der Waals surface area (Å²) < 4.78 is 0. The molecule has 272 valence electrons. The lowest BCUT2D eigenvalue weighted by atomic mass is 9.84. The first-order chi connectivity index (χ1) is 23.7. The Morgan fingerprint density at radius 2 is 1.66 bits per heavy atom. The van der Waals surface area contributed by atoms with Crippen LogP contribution in [-0.4, -0.2) is 70.7 Å². The molecule has 6 atom stereocenters. The minimum absolute atomic E-state index is 0.00735. The molecule has 2 unspecified atom stereocenters. The summed E-state index contributed by atoms with van der Waals surface area (Å²) in [5.74, 6) is -4.28. The number of hydrogen-bond donors (Lipinski definition) is 6. The lowest BCUT2D eigenvalue weighted by Crippen LogP contribution is -2.47. The zero-order valence-electron chi connectivity index (χ0n) is 28.9. The van der Waals surface area contributed by atoms with Crippen LogP contribution in [0, 0.1) is 23.7 Å². The van der Waals surface area contributed by atoms with Gasteiger partial charge in [-0.05, 0) is 56.7 Å². The van der Waals surface area contributed by atoms with Crippen LogP contribution >= 0.6 is 11.3 Å². The molecule has 1 aromatic rings. The molecule has 0 spiro atoms. The molecule has 9 N–H and O–H groups in total. The van der Waals surface area contributed by atoms with Crippen molar-refractivity contribution >= 4 is 52.4 Å². The Labute approximate surface area is 296 Å². The maximum Gasteiger partial charge on any atom is 0.224 e. The first-order valence-corrected chi connectivity index (χ1v) is 17.8. The van der Waals surface area contributed by atoms with Gasteiger partial charge in [0.05, 0.1) is 18.1 Å². The topological polar surface area (TPSA) is 242 Å². The molecular weight excluding hydrogens is 661 g/mol. The molecule has 15 heteroatoms. The van der Waals surface area contributed by atoms with E-state index >= 15 is 0 Å². The fraction of sp³-hybridized carbons (Fsp3) is 0.543. The van der Waals surface area contributed by atoms with Crippen LogP contribution in [0.25, 0.3) is 0 Å². The van der Waals surface area contributed by atoms with Crippen LogP contribution in [-0.2, 0) is 24.0 Å². The Morgan fingerprint density at radius 1 is 0.960 bits per heavy atom. The van der Waals surface area contributed by atoms with E-state index in [1.807, 2.05) is 44.4 Å².